The van der Waals surface area contributed by atoms with Crippen molar-refractivity contribution in [2.24, 2.45) is 17.8 Å². The van der Waals surface area contributed by atoms with Gasteiger partial charge in [-0.25, -0.2) is 13.2 Å². The van der Waals surface area contributed by atoms with Crippen LogP contribution in [0, 0.1) is 35.2 Å². The van der Waals surface area contributed by atoms with Crippen LogP contribution < -0.4 is 0 Å². The van der Waals surface area contributed by atoms with Gasteiger partial charge in [-0.15, -0.1) is 6.58 Å². The van der Waals surface area contributed by atoms with Gasteiger partial charge in [0, 0.05) is 5.92 Å². The maximum absolute atomic E-state index is 13.6. The first-order valence-electron chi connectivity index (χ1n) is 13.5. The fraction of sp³-hybridized carbons (Fsp3) is 0.548. The Kier molecular flexibility index (Phi) is 7.67. The van der Waals surface area contributed by atoms with Crippen molar-refractivity contribution in [2.45, 2.75) is 82.1 Å². The first-order valence-corrected chi connectivity index (χ1v) is 13.5. The lowest BCUT2D eigenvalue weighted by atomic mass is 9.68. The molecule has 4 heteroatoms. The second-order valence-electron chi connectivity index (χ2n) is 11.1. The van der Waals surface area contributed by atoms with Crippen LogP contribution in [0.3, 0.4) is 0 Å². The van der Waals surface area contributed by atoms with Crippen molar-refractivity contribution in [2.75, 3.05) is 6.61 Å². The molecule has 0 aromatic heterocycles. The highest BCUT2D eigenvalue weighted by Gasteiger charge is 2.31. The van der Waals surface area contributed by atoms with Crippen LogP contribution in [0.25, 0.3) is 0 Å². The molecule has 188 valence electrons. The van der Waals surface area contributed by atoms with Gasteiger partial charge >= 0.3 is 0 Å². The van der Waals surface area contributed by atoms with Gasteiger partial charge in [0.2, 0.25) is 0 Å². The largest absolute Gasteiger partial charge is 0.373 e. The summed E-state index contributed by atoms with van der Waals surface area (Å²) in [6.45, 7) is 4.37. The lowest BCUT2D eigenvalue weighted by molar-refractivity contribution is 0.00224. The maximum Gasteiger partial charge on any atom is 0.194 e. The number of ether oxygens (including phenoxy) is 1. The predicted molar refractivity (Wildman–Crippen MR) is 134 cm³/mol. The maximum atomic E-state index is 13.6. The number of halogens is 3. The smallest absolute Gasteiger partial charge is 0.194 e. The van der Waals surface area contributed by atoms with Crippen molar-refractivity contribution in [3.8, 4) is 0 Å². The van der Waals surface area contributed by atoms with E-state index in [1.54, 1.807) is 0 Å². The van der Waals surface area contributed by atoms with Crippen molar-refractivity contribution in [1.82, 2.24) is 0 Å². The summed E-state index contributed by atoms with van der Waals surface area (Å²) in [5.74, 6) is -0.560. The molecule has 1 aliphatic heterocycles. The normalized spacial score (nSPS) is 31.7. The zero-order valence-corrected chi connectivity index (χ0v) is 20.5. The summed E-state index contributed by atoms with van der Waals surface area (Å²) in [5, 5.41) is 0. The van der Waals surface area contributed by atoms with Gasteiger partial charge in [-0.2, -0.15) is 0 Å². The van der Waals surface area contributed by atoms with E-state index in [9.17, 15) is 13.2 Å². The summed E-state index contributed by atoms with van der Waals surface area (Å²) in [6, 6.07) is 11.1. The molecule has 1 nitrogen and oxygen atoms in total. The van der Waals surface area contributed by atoms with Gasteiger partial charge < -0.3 is 4.74 Å². The first-order chi connectivity index (χ1) is 17.0. The zero-order valence-electron chi connectivity index (χ0n) is 20.5. The molecule has 2 aromatic rings. The fourth-order valence-corrected chi connectivity index (χ4v) is 6.85. The molecule has 2 atom stereocenters. The summed E-state index contributed by atoms with van der Waals surface area (Å²) >= 11 is 0. The number of hydrogen-bond donors (Lipinski definition) is 0. The molecule has 0 bridgehead atoms. The quantitative estimate of drug-likeness (QED) is 0.305. The zero-order chi connectivity index (χ0) is 24.4. The summed E-state index contributed by atoms with van der Waals surface area (Å²) in [5.41, 5.74) is 3.07. The molecule has 2 saturated carbocycles. The number of allylic oxidation sites excluding steroid dienone is 1. The minimum absolute atomic E-state index is 0.00290. The summed E-state index contributed by atoms with van der Waals surface area (Å²) in [4.78, 5) is 0. The third-order valence-corrected chi connectivity index (χ3v) is 9.12. The molecule has 1 saturated heterocycles. The van der Waals surface area contributed by atoms with Gasteiger partial charge in [0.05, 0.1) is 12.7 Å². The predicted octanol–water partition coefficient (Wildman–Crippen LogP) is 9.01. The van der Waals surface area contributed by atoms with E-state index in [2.05, 4.69) is 36.9 Å². The summed E-state index contributed by atoms with van der Waals surface area (Å²) < 4.78 is 46.6. The van der Waals surface area contributed by atoms with E-state index in [1.165, 1.54) is 56.9 Å². The van der Waals surface area contributed by atoms with Crippen molar-refractivity contribution in [1.29, 1.82) is 0 Å². The molecular formula is C31H37F3O. The van der Waals surface area contributed by atoms with Crippen LogP contribution in [-0.2, 0) is 4.74 Å². The molecule has 2 aliphatic carbocycles. The Balaban J connectivity index is 1.12. The Morgan fingerprint density at radius 1 is 0.657 bits per heavy atom. The highest BCUT2D eigenvalue weighted by atomic mass is 19.2. The van der Waals surface area contributed by atoms with Gasteiger partial charge in [-0.05, 0) is 117 Å². The SMILES string of the molecule is C=CC1CCC(C2CCC(c3ccc(C4CCC(c5cc(F)c(F)c(F)c5)CO4)cc3)CC2)CC1. The topological polar surface area (TPSA) is 9.23 Å². The van der Waals surface area contributed by atoms with Crippen LogP contribution in [0.15, 0.2) is 49.1 Å². The molecule has 3 fully saturated rings. The second kappa shape index (κ2) is 10.9. The number of benzene rings is 2. The summed E-state index contributed by atoms with van der Waals surface area (Å²) in [7, 11) is 0. The lowest BCUT2D eigenvalue weighted by Gasteiger charge is -2.37. The van der Waals surface area contributed by atoms with Gasteiger partial charge in [-0.1, -0.05) is 30.3 Å². The van der Waals surface area contributed by atoms with Crippen LogP contribution in [0.4, 0.5) is 13.2 Å². The Hall–Kier alpha value is -2.07. The summed E-state index contributed by atoms with van der Waals surface area (Å²) in [6.07, 6.45) is 14.4. The van der Waals surface area contributed by atoms with Crippen LogP contribution in [0.1, 0.15) is 98.8 Å². The van der Waals surface area contributed by atoms with Crippen LogP contribution >= 0.6 is 0 Å². The lowest BCUT2D eigenvalue weighted by Crippen LogP contribution is -2.25. The second-order valence-corrected chi connectivity index (χ2v) is 11.1. The molecule has 0 N–H and O–H groups in total. The molecule has 0 spiro atoms. The van der Waals surface area contributed by atoms with E-state index in [4.69, 9.17) is 4.74 Å². The third kappa shape index (κ3) is 5.53. The van der Waals surface area contributed by atoms with Crippen molar-refractivity contribution in [3.05, 3.63) is 83.2 Å². The van der Waals surface area contributed by atoms with Crippen molar-refractivity contribution in [3.63, 3.8) is 0 Å². The number of hydrogen-bond acceptors (Lipinski definition) is 1. The number of rotatable bonds is 5. The minimum Gasteiger partial charge on any atom is -0.373 e. The van der Waals surface area contributed by atoms with Crippen molar-refractivity contribution >= 4 is 0 Å². The van der Waals surface area contributed by atoms with Crippen LogP contribution in [0.2, 0.25) is 0 Å². The van der Waals surface area contributed by atoms with E-state index in [-0.39, 0.29) is 12.0 Å². The highest BCUT2D eigenvalue weighted by Crippen LogP contribution is 2.44. The molecule has 0 radical (unpaired) electrons. The van der Waals surface area contributed by atoms with Crippen LogP contribution in [0.5, 0.6) is 0 Å². The standard InChI is InChI=1S/C31H37F3O/c1-2-20-3-5-21(6-4-20)22-7-9-23(10-8-22)24-11-13-25(14-12-24)30-16-15-26(19-35-30)27-17-28(32)31(34)29(33)18-27/h2,11-14,17-18,20-23,26,30H,1,3-10,15-16,19H2. The third-order valence-electron chi connectivity index (χ3n) is 9.12. The van der Waals surface area contributed by atoms with Crippen LogP contribution in [-0.4, -0.2) is 6.61 Å². The van der Waals surface area contributed by atoms with Gasteiger partial charge in [0.15, 0.2) is 17.5 Å². The molecule has 2 aromatic carbocycles. The average Bonchev–Trinajstić information content (AvgIpc) is 2.92. The van der Waals surface area contributed by atoms with Gasteiger partial charge in [0.25, 0.3) is 0 Å². The molecule has 35 heavy (non-hydrogen) atoms. The molecule has 1 heterocycles. The molecular weight excluding hydrogens is 445 g/mol. The fourth-order valence-electron chi connectivity index (χ4n) is 6.85. The average molecular weight is 483 g/mol. The molecule has 3 aliphatic rings. The Morgan fingerprint density at radius 3 is 1.74 bits per heavy atom. The monoisotopic (exact) mass is 482 g/mol. The highest BCUT2D eigenvalue weighted by molar-refractivity contribution is 5.28. The van der Waals surface area contributed by atoms with Crippen molar-refractivity contribution < 1.29 is 17.9 Å². The van der Waals surface area contributed by atoms with E-state index in [1.807, 2.05) is 0 Å². The first kappa shape index (κ1) is 24.6. The van der Waals surface area contributed by atoms with E-state index in [0.717, 1.165) is 48.3 Å². The van der Waals surface area contributed by atoms with E-state index < -0.39 is 17.5 Å². The van der Waals surface area contributed by atoms with E-state index >= 15 is 0 Å². The molecule has 5 rings (SSSR count). The molecule has 2 unspecified atom stereocenters. The Labute approximate surface area is 207 Å². The minimum atomic E-state index is -1.41. The van der Waals surface area contributed by atoms with Gasteiger partial charge in [-0.3, -0.25) is 0 Å². The van der Waals surface area contributed by atoms with Gasteiger partial charge in [0.1, 0.15) is 0 Å². The molecule has 0 amide bonds. The Morgan fingerprint density at radius 2 is 1.20 bits per heavy atom. The van der Waals surface area contributed by atoms with E-state index in [0.29, 0.717) is 18.1 Å². The Bertz CT molecular complexity index is 969.